The van der Waals surface area contributed by atoms with Crippen molar-refractivity contribution in [2.24, 2.45) is 5.92 Å². The van der Waals surface area contributed by atoms with Gasteiger partial charge < -0.3 is 9.52 Å². The number of halogens is 1. The highest BCUT2D eigenvalue weighted by Crippen LogP contribution is 2.42. The lowest BCUT2D eigenvalue weighted by molar-refractivity contribution is -0.0317. The van der Waals surface area contributed by atoms with Crippen molar-refractivity contribution in [2.45, 2.75) is 51.0 Å². The number of hydrogen-bond donors (Lipinski definition) is 1. The summed E-state index contributed by atoms with van der Waals surface area (Å²) in [6.45, 7) is 2.23. The Hall–Kier alpha value is -0.990. The minimum atomic E-state index is -0.796. The first-order chi connectivity index (χ1) is 9.60. The molecule has 0 saturated heterocycles. The molecule has 1 fully saturated rings. The zero-order valence-corrected chi connectivity index (χ0v) is 12.6. The lowest BCUT2D eigenvalue weighted by Gasteiger charge is -2.34. The van der Waals surface area contributed by atoms with E-state index in [1.165, 1.54) is 12.8 Å². The van der Waals surface area contributed by atoms with E-state index in [-0.39, 0.29) is 0 Å². The Morgan fingerprint density at radius 3 is 2.75 bits per heavy atom. The molecule has 0 atom stereocenters. The average Bonchev–Trinajstić information content (AvgIpc) is 2.85. The third-order valence-corrected chi connectivity index (χ3v) is 4.80. The van der Waals surface area contributed by atoms with Gasteiger partial charge in [-0.25, -0.2) is 0 Å². The van der Waals surface area contributed by atoms with E-state index in [1.807, 2.05) is 24.3 Å². The summed E-state index contributed by atoms with van der Waals surface area (Å²) < 4.78 is 5.85. The Balaban J connectivity index is 1.83. The first-order valence-electron chi connectivity index (χ1n) is 7.53. The van der Waals surface area contributed by atoms with Gasteiger partial charge in [-0.05, 0) is 55.9 Å². The minimum Gasteiger partial charge on any atom is -0.458 e. The molecule has 0 unspecified atom stereocenters. The average molecular weight is 293 g/mol. The van der Waals surface area contributed by atoms with Gasteiger partial charge in [0, 0.05) is 10.4 Å². The third-order valence-electron chi connectivity index (χ3n) is 4.57. The van der Waals surface area contributed by atoms with Crippen LogP contribution in [-0.4, -0.2) is 5.11 Å². The summed E-state index contributed by atoms with van der Waals surface area (Å²) in [5.74, 6) is 1.46. The maximum Gasteiger partial charge on any atom is 0.136 e. The van der Waals surface area contributed by atoms with Crippen molar-refractivity contribution in [1.82, 2.24) is 0 Å². The van der Waals surface area contributed by atoms with Crippen molar-refractivity contribution < 1.29 is 9.52 Å². The number of furan rings is 1. The van der Waals surface area contributed by atoms with Crippen LogP contribution in [0.5, 0.6) is 0 Å². The highest BCUT2D eigenvalue weighted by Gasteiger charge is 2.37. The van der Waals surface area contributed by atoms with E-state index in [0.29, 0.717) is 10.8 Å². The second kappa shape index (κ2) is 5.42. The third kappa shape index (κ3) is 2.59. The normalized spacial score (nSPS) is 27.1. The summed E-state index contributed by atoms with van der Waals surface area (Å²) >= 11 is 6.00. The molecule has 0 amide bonds. The minimum absolute atomic E-state index is 0.698. The Bertz CT molecular complexity index is 594. The molecule has 1 heterocycles. The van der Waals surface area contributed by atoms with Gasteiger partial charge in [-0.3, -0.25) is 0 Å². The SMILES string of the molecule is CCCC1CCC(O)(c2cc3cc(Cl)ccc3o2)CC1. The van der Waals surface area contributed by atoms with Gasteiger partial charge in [0.25, 0.3) is 0 Å². The maximum absolute atomic E-state index is 10.9. The fourth-order valence-corrected chi connectivity index (χ4v) is 3.52. The first kappa shape index (κ1) is 14.0. The van der Waals surface area contributed by atoms with E-state index in [1.54, 1.807) is 0 Å². The van der Waals surface area contributed by atoms with Gasteiger partial charge in [0.1, 0.15) is 16.9 Å². The molecule has 1 N–H and O–H groups in total. The molecule has 1 saturated carbocycles. The number of fused-ring (bicyclic) bond motifs is 1. The monoisotopic (exact) mass is 292 g/mol. The summed E-state index contributed by atoms with van der Waals surface area (Å²) in [5.41, 5.74) is 0.00365. The van der Waals surface area contributed by atoms with Crippen molar-refractivity contribution in [3.63, 3.8) is 0 Å². The van der Waals surface area contributed by atoms with Crippen molar-refractivity contribution in [3.05, 3.63) is 35.0 Å². The van der Waals surface area contributed by atoms with E-state index in [2.05, 4.69) is 6.92 Å². The molecule has 0 bridgehead atoms. The van der Waals surface area contributed by atoms with E-state index >= 15 is 0 Å². The molecule has 20 heavy (non-hydrogen) atoms. The molecule has 1 aliphatic carbocycles. The molecule has 1 aliphatic rings. The number of aliphatic hydroxyl groups is 1. The fourth-order valence-electron chi connectivity index (χ4n) is 3.34. The molecular weight excluding hydrogens is 272 g/mol. The van der Waals surface area contributed by atoms with Gasteiger partial charge in [-0.15, -0.1) is 0 Å². The molecule has 0 spiro atoms. The second-order valence-corrected chi connectivity index (χ2v) is 6.49. The van der Waals surface area contributed by atoms with Crippen LogP contribution in [0.4, 0.5) is 0 Å². The molecule has 1 aromatic carbocycles. The fraction of sp³-hybridized carbons (Fsp3) is 0.529. The molecular formula is C17H21ClO2. The Labute approximate surface area is 124 Å². The first-order valence-corrected chi connectivity index (χ1v) is 7.90. The molecule has 3 rings (SSSR count). The standard InChI is InChI=1S/C17H21ClO2/c1-2-3-12-6-8-17(19,9-7-12)16-11-13-10-14(18)4-5-15(13)20-16/h4-5,10-12,19H,2-3,6-9H2,1H3. The van der Waals surface area contributed by atoms with Gasteiger partial charge in [0.15, 0.2) is 0 Å². The van der Waals surface area contributed by atoms with Crippen LogP contribution in [0.2, 0.25) is 5.02 Å². The molecule has 2 nitrogen and oxygen atoms in total. The number of hydrogen-bond acceptors (Lipinski definition) is 2. The molecule has 0 radical (unpaired) electrons. The molecule has 3 heteroatoms. The Kier molecular flexibility index (Phi) is 3.78. The van der Waals surface area contributed by atoms with Crippen LogP contribution in [0.3, 0.4) is 0 Å². The molecule has 1 aromatic heterocycles. The van der Waals surface area contributed by atoms with Gasteiger partial charge in [0.2, 0.25) is 0 Å². The predicted molar refractivity (Wildman–Crippen MR) is 82.0 cm³/mol. The second-order valence-electron chi connectivity index (χ2n) is 6.06. The molecule has 2 aromatic rings. The van der Waals surface area contributed by atoms with Crippen LogP contribution in [-0.2, 0) is 5.60 Å². The highest BCUT2D eigenvalue weighted by molar-refractivity contribution is 6.31. The Morgan fingerprint density at radius 1 is 1.30 bits per heavy atom. The van der Waals surface area contributed by atoms with E-state index in [0.717, 1.165) is 42.6 Å². The largest absolute Gasteiger partial charge is 0.458 e. The quantitative estimate of drug-likeness (QED) is 0.836. The number of benzene rings is 1. The lowest BCUT2D eigenvalue weighted by atomic mass is 9.76. The highest BCUT2D eigenvalue weighted by atomic mass is 35.5. The van der Waals surface area contributed by atoms with Gasteiger partial charge in [-0.1, -0.05) is 31.4 Å². The van der Waals surface area contributed by atoms with Crippen LogP contribution in [0.15, 0.2) is 28.7 Å². The molecule has 0 aliphatic heterocycles. The van der Waals surface area contributed by atoms with Crippen LogP contribution < -0.4 is 0 Å². The summed E-state index contributed by atoms with van der Waals surface area (Å²) in [5, 5.41) is 12.5. The van der Waals surface area contributed by atoms with Crippen LogP contribution in [0.1, 0.15) is 51.2 Å². The van der Waals surface area contributed by atoms with E-state index < -0.39 is 5.60 Å². The predicted octanol–water partition coefficient (Wildman–Crippen LogP) is 5.26. The zero-order chi connectivity index (χ0) is 14.2. The van der Waals surface area contributed by atoms with Crippen molar-refractivity contribution in [1.29, 1.82) is 0 Å². The van der Waals surface area contributed by atoms with E-state index in [4.69, 9.17) is 16.0 Å². The Morgan fingerprint density at radius 2 is 2.05 bits per heavy atom. The van der Waals surface area contributed by atoms with Gasteiger partial charge in [-0.2, -0.15) is 0 Å². The number of rotatable bonds is 3. The van der Waals surface area contributed by atoms with Crippen LogP contribution in [0, 0.1) is 5.92 Å². The summed E-state index contributed by atoms with van der Waals surface area (Å²) in [7, 11) is 0. The topological polar surface area (TPSA) is 33.4 Å². The van der Waals surface area contributed by atoms with Crippen molar-refractivity contribution in [2.75, 3.05) is 0 Å². The van der Waals surface area contributed by atoms with Crippen LogP contribution in [0.25, 0.3) is 11.0 Å². The maximum atomic E-state index is 10.9. The van der Waals surface area contributed by atoms with Crippen molar-refractivity contribution in [3.8, 4) is 0 Å². The summed E-state index contributed by atoms with van der Waals surface area (Å²) in [6.07, 6.45) is 6.26. The van der Waals surface area contributed by atoms with E-state index in [9.17, 15) is 5.11 Å². The van der Waals surface area contributed by atoms with Gasteiger partial charge >= 0.3 is 0 Å². The van der Waals surface area contributed by atoms with Gasteiger partial charge in [0.05, 0.1) is 0 Å². The van der Waals surface area contributed by atoms with Crippen molar-refractivity contribution >= 4 is 22.6 Å². The zero-order valence-electron chi connectivity index (χ0n) is 11.9. The van der Waals surface area contributed by atoms with Crippen LogP contribution >= 0.6 is 11.6 Å². The smallest absolute Gasteiger partial charge is 0.136 e. The summed E-state index contributed by atoms with van der Waals surface area (Å²) in [6, 6.07) is 7.52. The molecule has 108 valence electrons. The lowest BCUT2D eigenvalue weighted by Crippen LogP contribution is -2.31. The summed E-state index contributed by atoms with van der Waals surface area (Å²) in [4.78, 5) is 0.